The highest BCUT2D eigenvalue weighted by atomic mass is 19.1. The van der Waals surface area contributed by atoms with Crippen molar-refractivity contribution < 1.29 is 4.39 Å². The van der Waals surface area contributed by atoms with E-state index in [-0.39, 0.29) is 11.4 Å². The maximum atomic E-state index is 13.0. The number of aromatic amines is 1. The van der Waals surface area contributed by atoms with Crippen LogP contribution in [0.1, 0.15) is 11.3 Å². The van der Waals surface area contributed by atoms with E-state index in [1.165, 1.54) is 22.7 Å². The lowest BCUT2D eigenvalue weighted by molar-refractivity contribution is 0.628. The largest absolute Gasteiger partial charge is 0.379 e. The Bertz CT molecular complexity index is 1130. The lowest BCUT2D eigenvalue weighted by Crippen LogP contribution is -2.17. The predicted molar refractivity (Wildman–Crippen MR) is 97.5 cm³/mol. The fraction of sp³-hybridized carbons (Fsp3) is 0.105. The van der Waals surface area contributed by atoms with E-state index in [2.05, 4.69) is 20.4 Å². The summed E-state index contributed by atoms with van der Waals surface area (Å²) in [6.07, 6.45) is 0. The second kappa shape index (κ2) is 6.44. The topological polar surface area (TPSA) is 75.1 Å². The molecular formula is C19H16FN5O. The molecule has 4 aromatic rings. The van der Waals surface area contributed by atoms with Crippen molar-refractivity contribution in [3.05, 3.63) is 82.0 Å². The second-order valence-corrected chi connectivity index (χ2v) is 5.97. The summed E-state index contributed by atoms with van der Waals surface area (Å²) >= 11 is 0. The zero-order valence-electron chi connectivity index (χ0n) is 14.0. The van der Waals surface area contributed by atoms with Crippen LogP contribution < -0.4 is 10.9 Å². The molecule has 0 aliphatic carbocycles. The van der Waals surface area contributed by atoms with Crippen LogP contribution in [0.25, 0.3) is 17.2 Å². The van der Waals surface area contributed by atoms with E-state index in [0.717, 1.165) is 16.8 Å². The summed E-state index contributed by atoms with van der Waals surface area (Å²) in [6, 6.07) is 15.2. The number of aromatic nitrogens is 4. The number of H-pyrrole nitrogens is 1. The number of fused-ring (bicyclic) bond motifs is 1. The first-order chi connectivity index (χ1) is 12.6. The van der Waals surface area contributed by atoms with Crippen LogP contribution in [-0.2, 0) is 6.54 Å². The van der Waals surface area contributed by atoms with E-state index < -0.39 is 0 Å². The van der Waals surface area contributed by atoms with Crippen LogP contribution in [-0.4, -0.2) is 19.6 Å². The van der Waals surface area contributed by atoms with Gasteiger partial charge in [-0.2, -0.15) is 9.50 Å². The van der Waals surface area contributed by atoms with Crippen molar-refractivity contribution in [3.63, 3.8) is 0 Å². The van der Waals surface area contributed by atoms with E-state index in [4.69, 9.17) is 0 Å². The Hall–Kier alpha value is -3.48. The first-order valence-corrected chi connectivity index (χ1v) is 8.14. The molecule has 0 amide bonds. The van der Waals surface area contributed by atoms with E-state index in [1.807, 2.05) is 31.2 Å². The van der Waals surface area contributed by atoms with Crippen molar-refractivity contribution in [2.45, 2.75) is 13.5 Å². The summed E-state index contributed by atoms with van der Waals surface area (Å²) in [7, 11) is 0. The van der Waals surface area contributed by atoms with Crippen LogP contribution in [0.3, 0.4) is 0 Å². The van der Waals surface area contributed by atoms with Gasteiger partial charge in [-0.15, -0.1) is 0 Å². The second-order valence-electron chi connectivity index (χ2n) is 5.97. The van der Waals surface area contributed by atoms with Gasteiger partial charge in [-0.1, -0.05) is 24.3 Å². The molecule has 0 bridgehead atoms. The molecule has 0 radical (unpaired) electrons. The monoisotopic (exact) mass is 349 g/mol. The zero-order chi connectivity index (χ0) is 18.1. The first kappa shape index (κ1) is 16.0. The molecule has 4 rings (SSSR count). The van der Waals surface area contributed by atoms with Gasteiger partial charge in [0, 0.05) is 17.3 Å². The summed E-state index contributed by atoms with van der Waals surface area (Å²) in [5.74, 6) is 0.608. The average Bonchev–Trinajstić information content (AvgIpc) is 3.06. The molecule has 6 nitrogen and oxygen atoms in total. The molecule has 7 heteroatoms. The molecule has 0 aliphatic heterocycles. The Labute approximate surface area is 148 Å². The Kier molecular flexibility index (Phi) is 3.96. The Morgan fingerprint density at radius 2 is 1.88 bits per heavy atom. The van der Waals surface area contributed by atoms with Gasteiger partial charge in [-0.3, -0.25) is 9.89 Å². The molecule has 0 saturated carbocycles. The average molecular weight is 349 g/mol. The Morgan fingerprint density at radius 3 is 2.65 bits per heavy atom. The summed E-state index contributed by atoms with van der Waals surface area (Å²) in [6.45, 7) is 2.32. The van der Waals surface area contributed by atoms with Crippen LogP contribution in [0.15, 0.2) is 59.4 Å². The summed E-state index contributed by atoms with van der Waals surface area (Å²) in [5.41, 5.74) is 3.04. The quantitative estimate of drug-likeness (QED) is 0.593. The number of halogens is 1. The maximum absolute atomic E-state index is 13.0. The van der Waals surface area contributed by atoms with E-state index in [1.54, 1.807) is 12.1 Å². The summed E-state index contributed by atoms with van der Waals surface area (Å²) in [5, 5.41) is 6.11. The van der Waals surface area contributed by atoms with Gasteiger partial charge in [-0.25, -0.2) is 9.37 Å². The number of rotatable bonds is 4. The maximum Gasteiger partial charge on any atom is 0.274 e. The van der Waals surface area contributed by atoms with Gasteiger partial charge < -0.3 is 5.32 Å². The number of aryl methyl sites for hydroxylation is 1. The van der Waals surface area contributed by atoms with Crippen molar-refractivity contribution in [1.29, 1.82) is 0 Å². The SMILES string of the molecule is Cc1ccccc1-c1nc2nc(CNc3ccc(F)cc3)cc(=O)n2[nH]1. The van der Waals surface area contributed by atoms with Gasteiger partial charge >= 0.3 is 0 Å². The molecule has 0 spiro atoms. The van der Waals surface area contributed by atoms with E-state index >= 15 is 0 Å². The standard InChI is InChI=1S/C19H16FN5O/c1-12-4-2-3-5-16(12)18-23-19-22-15(10-17(26)25(19)24-18)11-21-14-8-6-13(20)7-9-14/h2-10,21H,11H2,1H3,(H,22,23,24). The fourth-order valence-corrected chi connectivity index (χ4v) is 2.74. The Balaban J connectivity index is 1.65. The van der Waals surface area contributed by atoms with Crippen LogP contribution >= 0.6 is 0 Å². The molecule has 26 heavy (non-hydrogen) atoms. The van der Waals surface area contributed by atoms with Crippen molar-refractivity contribution in [1.82, 2.24) is 19.6 Å². The van der Waals surface area contributed by atoms with Crippen LogP contribution in [0.2, 0.25) is 0 Å². The number of hydrogen-bond donors (Lipinski definition) is 2. The molecule has 2 N–H and O–H groups in total. The number of benzene rings is 2. The molecule has 2 aromatic carbocycles. The van der Waals surface area contributed by atoms with Crippen molar-refractivity contribution in [3.8, 4) is 11.4 Å². The third kappa shape index (κ3) is 3.06. The smallest absolute Gasteiger partial charge is 0.274 e. The minimum absolute atomic E-state index is 0.238. The number of hydrogen-bond acceptors (Lipinski definition) is 4. The van der Waals surface area contributed by atoms with Crippen LogP contribution in [0, 0.1) is 12.7 Å². The van der Waals surface area contributed by atoms with Crippen LogP contribution in [0.5, 0.6) is 0 Å². The van der Waals surface area contributed by atoms with Crippen molar-refractivity contribution >= 4 is 11.5 Å². The van der Waals surface area contributed by atoms with Gasteiger partial charge in [-0.05, 0) is 36.8 Å². The number of nitrogens with one attached hydrogen (secondary N) is 2. The minimum Gasteiger partial charge on any atom is -0.379 e. The normalized spacial score (nSPS) is 11.0. The highest BCUT2D eigenvalue weighted by Gasteiger charge is 2.11. The minimum atomic E-state index is -0.298. The van der Waals surface area contributed by atoms with E-state index in [9.17, 15) is 9.18 Å². The molecule has 0 saturated heterocycles. The fourth-order valence-electron chi connectivity index (χ4n) is 2.74. The van der Waals surface area contributed by atoms with Gasteiger partial charge in [0.2, 0.25) is 0 Å². The highest BCUT2D eigenvalue weighted by Crippen LogP contribution is 2.19. The van der Waals surface area contributed by atoms with E-state index in [0.29, 0.717) is 23.8 Å². The molecule has 0 fully saturated rings. The first-order valence-electron chi connectivity index (χ1n) is 8.14. The molecule has 0 aliphatic rings. The summed E-state index contributed by atoms with van der Waals surface area (Å²) < 4.78 is 14.3. The predicted octanol–water partition coefficient (Wildman–Crippen LogP) is 3.14. The third-order valence-electron chi connectivity index (χ3n) is 4.10. The molecular weight excluding hydrogens is 333 g/mol. The van der Waals surface area contributed by atoms with Crippen molar-refractivity contribution in [2.75, 3.05) is 5.32 Å². The highest BCUT2D eigenvalue weighted by molar-refractivity contribution is 5.61. The molecule has 0 unspecified atom stereocenters. The molecule has 130 valence electrons. The molecule has 2 aromatic heterocycles. The van der Waals surface area contributed by atoms with Gasteiger partial charge in [0.05, 0.1) is 12.2 Å². The zero-order valence-corrected chi connectivity index (χ0v) is 14.0. The third-order valence-corrected chi connectivity index (χ3v) is 4.10. The number of anilines is 1. The molecule has 2 heterocycles. The van der Waals surface area contributed by atoms with Gasteiger partial charge in [0.15, 0.2) is 5.82 Å². The molecule has 0 atom stereocenters. The lowest BCUT2D eigenvalue weighted by atomic mass is 10.1. The van der Waals surface area contributed by atoms with Gasteiger partial charge in [0.25, 0.3) is 11.3 Å². The van der Waals surface area contributed by atoms with Crippen LogP contribution in [0.4, 0.5) is 10.1 Å². The Morgan fingerprint density at radius 1 is 1.12 bits per heavy atom. The van der Waals surface area contributed by atoms with Gasteiger partial charge in [0.1, 0.15) is 5.82 Å². The lowest BCUT2D eigenvalue weighted by Gasteiger charge is -2.05. The van der Waals surface area contributed by atoms with Crippen molar-refractivity contribution in [2.24, 2.45) is 0 Å². The summed E-state index contributed by atoms with van der Waals surface area (Å²) in [4.78, 5) is 21.2. The number of nitrogens with zero attached hydrogens (tertiary/aromatic N) is 3.